The van der Waals surface area contributed by atoms with Crippen LogP contribution in [0.25, 0.3) is 65.7 Å². The van der Waals surface area contributed by atoms with Crippen molar-refractivity contribution in [2.45, 2.75) is 19.3 Å². The smallest absolute Gasteiger partial charge is 0.0165 e. The minimum absolute atomic E-state index is 0.0293. The quantitative estimate of drug-likeness (QED) is 0.209. The largest absolute Gasteiger partial charge is 0.0619 e. The summed E-state index contributed by atoms with van der Waals surface area (Å²) in [5.41, 5.74) is 10.7. The summed E-state index contributed by atoms with van der Waals surface area (Å²) in [5.74, 6) is 0. The van der Waals surface area contributed by atoms with Crippen molar-refractivity contribution in [2.24, 2.45) is 0 Å². The first kappa shape index (κ1) is 22.3. The van der Waals surface area contributed by atoms with E-state index < -0.39 is 0 Å². The van der Waals surface area contributed by atoms with Crippen LogP contribution in [0.15, 0.2) is 133 Å². The van der Waals surface area contributed by atoms with Crippen LogP contribution >= 0.6 is 0 Å². The molecule has 0 heterocycles. The topological polar surface area (TPSA) is 0 Å². The molecule has 1 aliphatic rings. The summed E-state index contributed by atoms with van der Waals surface area (Å²) in [5, 5.41) is 7.83. The molecule has 0 spiro atoms. The Morgan fingerprint density at radius 3 is 1.82 bits per heavy atom. The normalized spacial score (nSPS) is 13.6. The van der Waals surface area contributed by atoms with Crippen molar-refractivity contribution in [2.75, 3.05) is 0 Å². The minimum Gasteiger partial charge on any atom is -0.0619 e. The van der Waals surface area contributed by atoms with E-state index in [2.05, 4.69) is 147 Å². The number of rotatable bonds is 2. The lowest BCUT2D eigenvalue weighted by molar-refractivity contribution is 0.662. The SMILES string of the molecule is CC1(C)c2ccccc2-c2cccc(-c3ccc(-c4cc5ccc6ccccc6c5c5ccccc45)cc3)c21. The average molecular weight is 497 g/mol. The van der Waals surface area contributed by atoms with Crippen LogP contribution in [0, 0.1) is 0 Å². The molecule has 0 aliphatic heterocycles. The maximum atomic E-state index is 2.37. The van der Waals surface area contributed by atoms with E-state index in [9.17, 15) is 0 Å². The predicted molar refractivity (Wildman–Crippen MR) is 167 cm³/mol. The van der Waals surface area contributed by atoms with E-state index in [1.165, 1.54) is 76.8 Å². The number of hydrogen-bond donors (Lipinski definition) is 0. The first-order valence-corrected chi connectivity index (χ1v) is 13.8. The maximum Gasteiger partial charge on any atom is 0.0165 e. The summed E-state index contributed by atoms with van der Waals surface area (Å²) in [6.07, 6.45) is 0. The highest BCUT2D eigenvalue weighted by molar-refractivity contribution is 6.23. The van der Waals surface area contributed by atoms with Crippen molar-refractivity contribution in [1.82, 2.24) is 0 Å². The van der Waals surface area contributed by atoms with Gasteiger partial charge in [-0.25, -0.2) is 0 Å². The van der Waals surface area contributed by atoms with E-state index in [0.29, 0.717) is 0 Å². The summed E-state index contributed by atoms with van der Waals surface area (Å²) in [4.78, 5) is 0. The third kappa shape index (κ3) is 3.18. The molecular weight excluding hydrogens is 468 g/mol. The van der Waals surface area contributed by atoms with Crippen LogP contribution in [0.1, 0.15) is 25.0 Å². The molecule has 7 aromatic carbocycles. The molecule has 184 valence electrons. The zero-order valence-electron chi connectivity index (χ0n) is 22.2. The Bertz CT molecular complexity index is 2070. The lowest BCUT2D eigenvalue weighted by Crippen LogP contribution is -2.16. The molecule has 8 rings (SSSR count). The van der Waals surface area contributed by atoms with E-state index in [0.717, 1.165) is 0 Å². The third-order valence-corrected chi connectivity index (χ3v) is 8.83. The first-order chi connectivity index (χ1) is 19.1. The second kappa shape index (κ2) is 8.16. The number of hydrogen-bond acceptors (Lipinski definition) is 0. The van der Waals surface area contributed by atoms with Gasteiger partial charge in [0.25, 0.3) is 0 Å². The van der Waals surface area contributed by atoms with E-state index in [-0.39, 0.29) is 5.41 Å². The second-order valence-corrected chi connectivity index (χ2v) is 11.3. The van der Waals surface area contributed by atoms with E-state index in [1.54, 1.807) is 0 Å². The lowest BCUT2D eigenvalue weighted by atomic mass is 9.79. The molecule has 0 atom stereocenters. The van der Waals surface area contributed by atoms with Gasteiger partial charge in [0.1, 0.15) is 0 Å². The molecule has 0 bridgehead atoms. The van der Waals surface area contributed by atoms with Crippen LogP contribution < -0.4 is 0 Å². The molecule has 7 aromatic rings. The third-order valence-electron chi connectivity index (χ3n) is 8.83. The van der Waals surface area contributed by atoms with Crippen molar-refractivity contribution in [3.63, 3.8) is 0 Å². The number of fused-ring (bicyclic) bond motifs is 8. The molecule has 0 amide bonds. The van der Waals surface area contributed by atoms with Gasteiger partial charge in [0.05, 0.1) is 0 Å². The van der Waals surface area contributed by atoms with Gasteiger partial charge in [-0.2, -0.15) is 0 Å². The van der Waals surface area contributed by atoms with Crippen molar-refractivity contribution in [3.05, 3.63) is 145 Å². The van der Waals surface area contributed by atoms with E-state index in [1.807, 2.05) is 0 Å². The standard InChI is InChI=1S/C39H28/c1-39(2)36-17-8-7-13-32(36)34-16-9-15-30(38(34)39)26-18-20-27(21-19-26)35-24-28-23-22-25-10-3-4-11-29(25)37(28)33-14-6-5-12-31(33)35/h3-24H,1-2H3. The maximum absolute atomic E-state index is 2.37. The Morgan fingerprint density at radius 2 is 1.00 bits per heavy atom. The number of benzene rings is 7. The summed E-state index contributed by atoms with van der Waals surface area (Å²) in [6.45, 7) is 4.72. The Hall–Kier alpha value is -4.68. The Labute approximate surface area is 229 Å². The minimum atomic E-state index is -0.0293. The summed E-state index contributed by atoms with van der Waals surface area (Å²) in [6, 6.07) is 49.3. The molecule has 0 N–H and O–H groups in total. The monoisotopic (exact) mass is 496 g/mol. The molecule has 0 unspecified atom stereocenters. The van der Waals surface area contributed by atoms with Gasteiger partial charge in [0, 0.05) is 5.41 Å². The molecule has 1 aliphatic carbocycles. The Balaban J connectivity index is 1.30. The van der Waals surface area contributed by atoms with Crippen molar-refractivity contribution < 1.29 is 0 Å². The molecule has 0 radical (unpaired) electrons. The molecule has 0 heteroatoms. The predicted octanol–water partition coefficient (Wildman–Crippen LogP) is 10.8. The molecule has 0 aromatic heterocycles. The van der Waals surface area contributed by atoms with Gasteiger partial charge >= 0.3 is 0 Å². The van der Waals surface area contributed by atoms with Crippen molar-refractivity contribution in [3.8, 4) is 33.4 Å². The fourth-order valence-corrected chi connectivity index (χ4v) is 7.04. The molecule has 0 fully saturated rings. The first-order valence-electron chi connectivity index (χ1n) is 13.8. The second-order valence-electron chi connectivity index (χ2n) is 11.3. The Kier molecular flexibility index (Phi) is 4.67. The van der Waals surface area contributed by atoms with E-state index >= 15 is 0 Å². The average Bonchev–Trinajstić information content (AvgIpc) is 3.23. The molecule has 0 nitrogen and oxygen atoms in total. The highest BCUT2D eigenvalue weighted by atomic mass is 14.4. The van der Waals surface area contributed by atoms with Crippen LogP contribution in [0.4, 0.5) is 0 Å². The van der Waals surface area contributed by atoms with Gasteiger partial charge < -0.3 is 0 Å². The van der Waals surface area contributed by atoms with Crippen molar-refractivity contribution >= 4 is 32.3 Å². The zero-order valence-corrected chi connectivity index (χ0v) is 22.2. The van der Waals surface area contributed by atoms with Crippen LogP contribution in [-0.4, -0.2) is 0 Å². The van der Waals surface area contributed by atoms with Crippen LogP contribution in [-0.2, 0) is 5.41 Å². The van der Waals surface area contributed by atoms with Gasteiger partial charge in [0.15, 0.2) is 0 Å². The van der Waals surface area contributed by atoms with Gasteiger partial charge in [-0.3, -0.25) is 0 Å². The lowest BCUT2D eigenvalue weighted by Gasteiger charge is -2.24. The van der Waals surface area contributed by atoms with Gasteiger partial charge in [-0.05, 0) is 82.9 Å². The summed E-state index contributed by atoms with van der Waals surface area (Å²) < 4.78 is 0. The molecule has 0 saturated carbocycles. The molecule has 0 saturated heterocycles. The summed E-state index contributed by atoms with van der Waals surface area (Å²) >= 11 is 0. The van der Waals surface area contributed by atoms with Crippen LogP contribution in [0.2, 0.25) is 0 Å². The van der Waals surface area contributed by atoms with Crippen LogP contribution in [0.5, 0.6) is 0 Å². The van der Waals surface area contributed by atoms with Gasteiger partial charge in [0.2, 0.25) is 0 Å². The fourth-order valence-electron chi connectivity index (χ4n) is 7.04. The van der Waals surface area contributed by atoms with Gasteiger partial charge in [-0.1, -0.05) is 141 Å². The fraction of sp³-hybridized carbons (Fsp3) is 0.0769. The molecular formula is C39H28. The van der Waals surface area contributed by atoms with E-state index in [4.69, 9.17) is 0 Å². The van der Waals surface area contributed by atoms with Crippen LogP contribution in [0.3, 0.4) is 0 Å². The zero-order chi connectivity index (χ0) is 26.1. The highest BCUT2D eigenvalue weighted by Crippen LogP contribution is 2.52. The highest BCUT2D eigenvalue weighted by Gasteiger charge is 2.37. The molecule has 39 heavy (non-hydrogen) atoms. The Morgan fingerprint density at radius 1 is 0.410 bits per heavy atom. The summed E-state index contributed by atoms with van der Waals surface area (Å²) in [7, 11) is 0. The van der Waals surface area contributed by atoms with Crippen molar-refractivity contribution in [1.29, 1.82) is 0 Å². The van der Waals surface area contributed by atoms with Gasteiger partial charge in [-0.15, -0.1) is 0 Å².